The van der Waals surface area contributed by atoms with Crippen molar-refractivity contribution in [1.82, 2.24) is 0 Å². The van der Waals surface area contributed by atoms with E-state index >= 15 is 0 Å². The summed E-state index contributed by atoms with van der Waals surface area (Å²) in [7, 11) is 0. The molecule has 1 aromatic carbocycles. The van der Waals surface area contributed by atoms with Gasteiger partial charge in [0, 0.05) is 0 Å². The smallest absolute Gasteiger partial charge is 0.156 e. The van der Waals surface area contributed by atoms with E-state index in [4.69, 9.17) is 5.26 Å². The summed E-state index contributed by atoms with van der Waals surface area (Å²) in [5.41, 5.74) is 0.105. The summed E-state index contributed by atoms with van der Waals surface area (Å²) < 4.78 is 13.3. The number of hydrogen-bond donors (Lipinski definition) is 0. The van der Waals surface area contributed by atoms with Gasteiger partial charge in [-0.25, -0.2) is 4.39 Å². The number of carbonyl (C=O) groups is 1. The van der Waals surface area contributed by atoms with Crippen molar-refractivity contribution in [2.45, 2.75) is 6.42 Å². The first-order valence-electron chi connectivity index (χ1n) is 3.90. The Morgan fingerprint density at radius 1 is 1.43 bits per heavy atom. The minimum atomic E-state index is -0.631. The Hall–Kier alpha value is -2.13. The highest BCUT2D eigenvalue weighted by atomic mass is 19.1. The number of benzene rings is 1. The van der Waals surface area contributed by atoms with E-state index < -0.39 is 5.82 Å². The van der Waals surface area contributed by atoms with E-state index in [9.17, 15) is 9.18 Å². The van der Waals surface area contributed by atoms with Gasteiger partial charge in [-0.05, 0) is 12.1 Å². The van der Waals surface area contributed by atoms with E-state index in [-0.39, 0.29) is 17.5 Å². The molecule has 0 fully saturated rings. The lowest BCUT2D eigenvalue weighted by Crippen LogP contribution is -1.88. The van der Waals surface area contributed by atoms with Crippen LogP contribution in [0.15, 0.2) is 18.2 Å². The number of rotatable bonds is 1. The van der Waals surface area contributed by atoms with Crippen molar-refractivity contribution >= 4 is 6.29 Å². The summed E-state index contributed by atoms with van der Waals surface area (Å²) >= 11 is 0. The maximum Gasteiger partial charge on any atom is 0.156 e. The second kappa shape index (κ2) is 4.79. The van der Waals surface area contributed by atoms with Crippen LogP contribution in [-0.2, 0) is 4.79 Å². The number of halogens is 1. The Bertz CT molecular complexity index is 449. The molecule has 0 saturated carbocycles. The Balaban J connectivity index is 3.07. The zero-order valence-electron chi connectivity index (χ0n) is 7.25. The minimum Gasteiger partial charge on any atom is -0.302 e. The van der Waals surface area contributed by atoms with Crippen molar-refractivity contribution in [3.8, 4) is 17.9 Å². The van der Waals surface area contributed by atoms with E-state index in [1.165, 1.54) is 12.1 Å². The molecule has 0 N–H and O–H groups in total. The second-order valence-electron chi connectivity index (χ2n) is 2.45. The first-order valence-corrected chi connectivity index (χ1v) is 3.90. The van der Waals surface area contributed by atoms with Gasteiger partial charge >= 0.3 is 0 Å². The quantitative estimate of drug-likeness (QED) is 0.495. The number of aldehydes is 1. The third-order valence-electron chi connectivity index (χ3n) is 1.53. The molecule has 3 heteroatoms. The highest BCUT2D eigenvalue weighted by Crippen LogP contribution is 2.10. The minimum absolute atomic E-state index is 0.0390. The normalized spacial score (nSPS) is 8.29. The fraction of sp³-hybridized carbons (Fsp3) is 0.0909. The summed E-state index contributed by atoms with van der Waals surface area (Å²) in [6.07, 6.45) is 0.704. The summed E-state index contributed by atoms with van der Waals surface area (Å²) in [6, 6.07) is 6.10. The van der Waals surface area contributed by atoms with Crippen molar-refractivity contribution < 1.29 is 9.18 Å². The van der Waals surface area contributed by atoms with Gasteiger partial charge in [0.1, 0.15) is 12.4 Å². The number of hydrogen-bond acceptors (Lipinski definition) is 2. The number of carbonyl (C=O) groups excluding carboxylic acids is 1. The van der Waals surface area contributed by atoms with Gasteiger partial charge < -0.3 is 4.79 Å². The van der Waals surface area contributed by atoms with E-state index in [1.807, 2.05) is 0 Å². The predicted octanol–water partition coefficient (Wildman–Crippen LogP) is 1.64. The molecule has 0 bridgehead atoms. The van der Waals surface area contributed by atoms with Crippen LogP contribution in [-0.4, -0.2) is 6.29 Å². The maximum atomic E-state index is 13.3. The van der Waals surface area contributed by atoms with Gasteiger partial charge in [0.25, 0.3) is 0 Å². The Morgan fingerprint density at radius 3 is 2.79 bits per heavy atom. The summed E-state index contributed by atoms with van der Waals surface area (Å²) in [4.78, 5) is 9.95. The van der Waals surface area contributed by atoms with Crippen LogP contribution < -0.4 is 0 Å². The van der Waals surface area contributed by atoms with E-state index in [2.05, 4.69) is 11.8 Å². The Labute approximate surface area is 81.0 Å². The lowest BCUT2D eigenvalue weighted by Gasteiger charge is -1.94. The molecule has 14 heavy (non-hydrogen) atoms. The molecule has 0 aliphatic carbocycles. The molecule has 0 aliphatic rings. The van der Waals surface area contributed by atoms with Gasteiger partial charge in [-0.15, -0.1) is 0 Å². The molecular formula is C11H6FNO. The lowest BCUT2D eigenvalue weighted by atomic mass is 10.1. The van der Waals surface area contributed by atoms with Gasteiger partial charge in [0.15, 0.2) is 5.82 Å². The molecule has 0 saturated heterocycles. The zero-order valence-corrected chi connectivity index (χ0v) is 7.25. The highest BCUT2D eigenvalue weighted by Gasteiger charge is 2.03. The SMILES string of the molecule is N#Cc1cccc(C#CCC=O)c1F. The topological polar surface area (TPSA) is 40.9 Å². The van der Waals surface area contributed by atoms with Crippen LogP contribution in [0.25, 0.3) is 0 Å². The molecule has 68 valence electrons. The molecule has 0 atom stereocenters. The van der Waals surface area contributed by atoms with Crippen molar-refractivity contribution in [3.63, 3.8) is 0 Å². The van der Waals surface area contributed by atoms with Gasteiger partial charge in [-0.1, -0.05) is 17.9 Å². The summed E-state index contributed by atoms with van der Waals surface area (Å²) in [5.74, 6) is 4.33. The van der Waals surface area contributed by atoms with Crippen LogP contribution in [0.1, 0.15) is 17.5 Å². The molecule has 1 rings (SSSR count). The van der Waals surface area contributed by atoms with Crippen LogP contribution in [0.5, 0.6) is 0 Å². The number of nitriles is 1. The lowest BCUT2D eigenvalue weighted by molar-refractivity contribution is -0.107. The third-order valence-corrected chi connectivity index (χ3v) is 1.53. The van der Waals surface area contributed by atoms with Crippen LogP contribution in [0, 0.1) is 29.0 Å². The summed E-state index contributed by atoms with van der Waals surface area (Å²) in [5, 5.41) is 8.52. The first-order chi connectivity index (χ1) is 6.79. The van der Waals surface area contributed by atoms with E-state index in [0.717, 1.165) is 0 Å². The van der Waals surface area contributed by atoms with Crippen molar-refractivity contribution in [1.29, 1.82) is 5.26 Å². The predicted molar refractivity (Wildman–Crippen MR) is 48.7 cm³/mol. The molecular weight excluding hydrogens is 181 g/mol. The van der Waals surface area contributed by atoms with Crippen molar-refractivity contribution in [2.75, 3.05) is 0 Å². The molecule has 0 amide bonds. The molecule has 0 heterocycles. The highest BCUT2D eigenvalue weighted by molar-refractivity contribution is 5.55. The average Bonchev–Trinajstić information content (AvgIpc) is 2.21. The fourth-order valence-corrected chi connectivity index (χ4v) is 0.903. The molecule has 0 aliphatic heterocycles. The van der Waals surface area contributed by atoms with Gasteiger partial charge in [-0.2, -0.15) is 5.26 Å². The standard InChI is InChI=1S/C11H6FNO/c12-11-9(4-1-2-7-14)5-3-6-10(11)8-13/h3,5-7H,2H2. The first kappa shape index (κ1) is 9.95. The van der Waals surface area contributed by atoms with Crippen molar-refractivity contribution in [3.05, 3.63) is 35.1 Å². The number of nitrogens with zero attached hydrogens (tertiary/aromatic N) is 1. The monoisotopic (exact) mass is 187 g/mol. The van der Waals surface area contributed by atoms with Gasteiger partial charge in [0.2, 0.25) is 0 Å². The fourth-order valence-electron chi connectivity index (χ4n) is 0.903. The largest absolute Gasteiger partial charge is 0.302 e. The van der Waals surface area contributed by atoms with Gasteiger partial charge in [-0.3, -0.25) is 0 Å². The van der Waals surface area contributed by atoms with Crippen molar-refractivity contribution in [2.24, 2.45) is 0 Å². The van der Waals surface area contributed by atoms with Crippen LogP contribution in [0.3, 0.4) is 0 Å². The molecule has 0 unspecified atom stereocenters. The molecule has 0 spiro atoms. The average molecular weight is 187 g/mol. The maximum absolute atomic E-state index is 13.3. The Morgan fingerprint density at radius 2 is 2.14 bits per heavy atom. The van der Waals surface area contributed by atoms with Crippen LogP contribution >= 0.6 is 0 Å². The van der Waals surface area contributed by atoms with Gasteiger partial charge in [0.05, 0.1) is 17.5 Å². The van der Waals surface area contributed by atoms with E-state index in [1.54, 1.807) is 12.1 Å². The molecule has 2 nitrogen and oxygen atoms in total. The molecule has 0 aromatic heterocycles. The van der Waals surface area contributed by atoms with Crippen LogP contribution in [0.2, 0.25) is 0 Å². The third kappa shape index (κ3) is 2.18. The molecule has 0 radical (unpaired) electrons. The second-order valence-corrected chi connectivity index (χ2v) is 2.45. The molecule has 1 aromatic rings. The summed E-state index contributed by atoms with van der Waals surface area (Å²) in [6.45, 7) is 0. The zero-order chi connectivity index (χ0) is 10.4. The van der Waals surface area contributed by atoms with Crippen LogP contribution in [0.4, 0.5) is 4.39 Å². The Kier molecular flexibility index (Phi) is 3.41. The van der Waals surface area contributed by atoms with E-state index in [0.29, 0.717) is 6.29 Å².